The second-order valence-electron chi connectivity index (χ2n) is 5.65. The van der Waals surface area contributed by atoms with E-state index in [1.807, 2.05) is 31.2 Å². The predicted octanol–water partition coefficient (Wildman–Crippen LogP) is 2.62. The smallest absolute Gasteiger partial charge is 0.250 e. The van der Waals surface area contributed by atoms with Crippen molar-refractivity contribution in [2.24, 2.45) is 0 Å². The van der Waals surface area contributed by atoms with E-state index in [-0.39, 0.29) is 5.91 Å². The third-order valence-electron chi connectivity index (χ3n) is 3.85. The normalized spacial score (nSPS) is 14.7. The van der Waals surface area contributed by atoms with Gasteiger partial charge in [-0.1, -0.05) is 12.1 Å². The van der Waals surface area contributed by atoms with Crippen molar-refractivity contribution in [3.63, 3.8) is 0 Å². The molecule has 1 aromatic carbocycles. The Morgan fingerprint density at radius 2 is 2.10 bits per heavy atom. The fourth-order valence-electron chi connectivity index (χ4n) is 2.28. The van der Waals surface area contributed by atoms with Gasteiger partial charge in [0.05, 0.1) is 12.8 Å². The number of hydrogen-bond acceptors (Lipinski definition) is 3. The van der Waals surface area contributed by atoms with Crippen molar-refractivity contribution in [1.29, 1.82) is 0 Å². The molecule has 1 amide bonds. The van der Waals surface area contributed by atoms with Crippen LogP contribution in [0.5, 0.6) is 5.75 Å². The van der Waals surface area contributed by atoms with Gasteiger partial charge in [0.1, 0.15) is 5.75 Å². The van der Waals surface area contributed by atoms with Gasteiger partial charge < -0.3 is 9.64 Å². The fraction of sp³-hybridized carbons (Fsp3) is 0.471. The highest BCUT2D eigenvalue weighted by atomic mass is 16.5. The molecule has 4 nitrogen and oxygen atoms in total. The molecule has 1 fully saturated rings. The molecule has 0 N–H and O–H groups in total. The van der Waals surface area contributed by atoms with E-state index < -0.39 is 0 Å². The van der Waals surface area contributed by atoms with Crippen LogP contribution in [0.2, 0.25) is 0 Å². The standard InChI is InChI=1S/C17H24N2O2/c1-13-7-10-16(21-4)15(12-13)19(3)17(20)6-5-11-18(2)14-8-9-14/h5-7,10,12,14H,8-9,11H2,1-4H3/b6-5+. The van der Waals surface area contributed by atoms with Crippen molar-refractivity contribution >= 4 is 11.6 Å². The van der Waals surface area contributed by atoms with Gasteiger partial charge in [-0.3, -0.25) is 9.69 Å². The minimum absolute atomic E-state index is 0.0388. The van der Waals surface area contributed by atoms with Crippen LogP contribution in [0.3, 0.4) is 0 Å². The first-order chi connectivity index (χ1) is 10.0. The Bertz CT molecular complexity index is 536. The summed E-state index contributed by atoms with van der Waals surface area (Å²) in [5.41, 5.74) is 1.89. The van der Waals surface area contributed by atoms with Crippen LogP contribution < -0.4 is 9.64 Å². The van der Waals surface area contributed by atoms with Gasteiger partial charge in [-0.05, 0) is 44.5 Å². The highest BCUT2D eigenvalue weighted by Crippen LogP contribution is 2.28. The van der Waals surface area contributed by atoms with E-state index >= 15 is 0 Å². The van der Waals surface area contributed by atoms with Crippen LogP contribution in [0.15, 0.2) is 30.4 Å². The highest BCUT2D eigenvalue weighted by Gasteiger charge is 2.24. The summed E-state index contributed by atoms with van der Waals surface area (Å²) in [7, 11) is 5.49. The molecule has 0 spiro atoms. The molecule has 0 atom stereocenters. The Hall–Kier alpha value is -1.81. The first-order valence-electron chi connectivity index (χ1n) is 7.32. The van der Waals surface area contributed by atoms with E-state index in [0.717, 1.165) is 17.8 Å². The van der Waals surface area contributed by atoms with Crippen LogP contribution in [-0.4, -0.2) is 44.6 Å². The topological polar surface area (TPSA) is 32.8 Å². The maximum Gasteiger partial charge on any atom is 0.250 e. The Morgan fingerprint density at radius 3 is 2.71 bits per heavy atom. The molecule has 0 unspecified atom stereocenters. The number of methoxy groups -OCH3 is 1. The van der Waals surface area contributed by atoms with Crippen molar-refractivity contribution in [3.8, 4) is 5.75 Å². The molecule has 0 bridgehead atoms. The zero-order valence-corrected chi connectivity index (χ0v) is 13.3. The molecular formula is C17H24N2O2. The van der Waals surface area contributed by atoms with Crippen molar-refractivity contribution in [2.75, 3.05) is 32.6 Å². The van der Waals surface area contributed by atoms with Crippen LogP contribution >= 0.6 is 0 Å². The molecule has 114 valence electrons. The Balaban J connectivity index is 2.01. The summed E-state index contributed by atoms with van der Waals surface area (Å²) < 4.78 is 5.33. The maximum atomic E-state index is 12.3. The number of aryl methyl sites for hydroxylation is 1. The van der Waals surface area contributed by atoms with Crippen LogP contribution in [0, 0.1) is 6.92 Å². The van der Waals surface area contributed by atoms with E-state index in [4.69, 9.17) is 4.74 Å². The number of nitrogens with zero attached hydrogens (tertiary/aromatic N) is 2. The second kappa shape index (κ2) is 6.76. The number of hydrogen-bond donors (Lipinski definition) is 0. The molecule has 2 rings (SSSR count). The van der Waals surface area contributed by atoms with Gasteiger partial charge in [0.15, 0.2) is 0 Å². The van der Waals surface area contributed by atoms with Crippen molar-refractivity contribution in [1.82, 2.24) is 4.90 Å². The monoisotopic (exact) mass is 288 g/mol. The fourth-order valence-corrected chi connectivity index (χ4v) is 2.28. The lowest BCUT2D eigenvalue weighted by Crippen LogP contribution is -2.25. The molecule has 0 saturated heterocycles. The van der Waals surface area contributed by atoms with Gasteiger partial charge in [0.2, 0.25) is 0 Å². The number of carbonyl (C=O) groups excluding carboxylic acids is 1. The molecule has 4 heteroatoms. The molecule has 0 radical (unpaired) electrons. The maximum absolute atomic E-state index is 12.3. The van der Waals surface area contributed by atoms with Gasteiger partial charge in [-0.25, -0.2) is 0 Å². The van der Waals surface area contributed by atoms with Gasteiger partial charge in [0.25, 0.3) is 5.91 Å². The Labute approximate surface area is 127 Å². The third kappa shape index (κ3) is 4.08. The van der Waals surface area contributed by atoms with E-state index in [1.54, 1.807) is 25.1 Å². The highest BCUT2D eigenvalue weighted by molar-refractivity contribution is 6.02. The summed E-state index contributed by atoms with van der Waals surface area (Å²) in [6, 6.07) is 6.53. The number of ether oxygens (including phenoxy) is 1. The van der Waals surface area contributed by atoms with E-state index in [0.29, 0.717) is 11.8 Å². The van der Waals surface area contributed by atoms with Crippen LogP contribution in [-0.2, 0) is 4.79 Å². The molecule has 0 aliphatic heterocycles. The van der Waals surface area contributed by atoms with Crippen molar-refractivity contribution in [3.05, 3.63) is 35.9 Å². The lowest BCUT2D eigenvalue weighted by Gasteiger charge is -2.19. The third-order valence-corrected chi connectivity index (χ3v) is 3.85. The predicted molar refractivity (Wildman–Crippen MR) is 85.9 cm³/mol. The summed E-state index contributed by atoms with van der Waals surface area (Å²) >= 11 is 0. The van der Waals surface area contributed by atoms with Crippen LogP contribution in [0.1, 0.15) is 18.4 Å². The molecule has 1 aliphatic carbocycles. The molecule has 0 aromatic heterocycles. The van der Waals surface area contributed by atoms with Gasteiger partial charge in [0, 0.05) is 25.7 Å². The molecule has 0 heterocycles. The SMILES string of the molecule is COc1ccc(C)cc1N(C)C(=O)/C=C/CN(C)C1CC1. The summed E-state index contributed by atoms with van der Waals surface area (Å²) in [4.78, 5) is 16.2. The molecule has 1 aromatic rings. The number of anilines is 1. The first-order valence-corrected chi connectivity index (χ1v) is 7.32. The summed E-state index contributed by atoms with van der Waals surface area (Å²) in [6.07, 6.45) is 6.12. The summed E-state index contributed by atoms with van der Waals surface area (Å²) in [6.45, 7) is 2.82. The van der Waals surface area contributed by atoms with Gasteiger partial charge in [-0.2, -0.15) is 0 Å². The Morgan fingerprint density at radius 1 is 1.38 bits per heavy atom. The minimum Gasteiger partial charge on any atom is -0.495 e. The summed E-state index contributed by atoms with van der Waals surface area (Å²) in [5, 5.41) is 0. The van der Waals surface area contributed by atoms with E-state index in [2.05, 4.69) is 11.9 Å². The second-order valence-corrected chi connectivity index (χ2v) is 5.65. The van der Waals surface area contributed by atoms with E-state index in [9.17, 15) is 4.79 Å². The quantitative estimate of drug-likeness (QED) is 0.754. The van der Waals surface area contributed by atoms with Crippen LogP contribution in [0.25, 0.3) is 0 Å². The Kier molecular flexibility index (Phi) is 5.02. The zero-order valence-electron chi connectivity index (χ0n) is 13.3. The average Bonchev–Trinajstić information content (AvgIpc) is 3.30. The summed E-state index contributed by atoms with van der Waals surface area (Å²) in [5.74, 6) is 0.669. The van der Waals surface area contributed by atoms with Gasteiger partial charge >= 0.3 is 0 Å². The molecule has 21 heavy (non-hydrogen) atoms. The number of amides is 1. The number of benzene rings is 1. The molecular weight excluding hydrogens is 264 g/mol. The minimum atomic E-state index is -0.0388. The molecule has 1 aliphatic rings. The average molecular weight is 288 g/mol. The molecule has 1 saturated carbocycles. The van der Waals surface area contributed by atoms with Crippen LogP contribution in [0.4, 0.5) is 5.69 Å². The number of likely N-dealkylation sites (N-methyl/N-ethyl adjacent to an activating group) is 2. The van der Waals surface area contributed by atoms with E-state index in [1.165, 1.54) is 12.8 Å². The first kappa shape index (κ1) is 15.6. The number of carbonyl (C=O) groups is 1. The zero-order chi connectivity index (χ0) is 15.4. The largest absolute Gasteiger partial charge is 0.495 e. The van der Waals surface area contributed by atoms with Crippen molar-refractivity contribution < 1.29 is 9.53 Å². The lowest BCUT2D eigenvalue weighted by molar-refractivity contribution is -0.113. The van der Waals surface area contributed by atoms with Gasteiger partial charge in [-0.15, -0.1) is 0 Å². The van der Waals surface area contributed by atoms with Crippen molar-refractivity contribution in [2.45, 2.75) is 25.8 Å². The number of rotatable bonds is 6. The lowest BCUT2D eigenvalue weighted by atomic mass is 10.2.